The van der Waals surface area contributed by atoms with E-state index in [1.54, 1.807) is 27.8 Å². The molecule has 0 unspecified atom stereocenters. The molecule has 0 saturated heterocycles. The molecule has 2 aromatic heterocycles. The lowest BCUT2D eigenvalue weighted by Crippen LogP contribution is -2.27. The van der Waals surface area contributed by atoms with Gasteiger partial charge in [-0.2, -0.15) is 5.10 Å². The molecule has 0 aliphatic rings. The lowest BCUT2D eigenvalue weighted by atomic mass is 10.0. The van der Waals surface area contributed by atoms with Crippen LogP contribution in [0.25, 0.3) is 21.8 Å². The molecule has 7 heteroatoms. The van der Waals surface area contributed by atoms with E-state index in [1.807, 2.05) is 49.4 Å². The Bertz CT molecular complexity index is 1530. The smallest absolute Gasteiger partial charge is 0.264 e. The Balaban J connectivity index is 1.33. The molecule has 3 aromatic carbocycles. The number of nitrogens with zero attached hydrogens (tertiary/aromatic N) is 4. The quantitative estimate of drug-likeness (QED) is 0.441. The Morgan fingerprint density at radius 2 is 1.82 bits per heavy atom. The summed E-state index contributed by atoms with van der Waals surface area (Å²) in [6.45, 7) is 3.18. The largest absolute Gasteiger partial charge is 0.350 e. The predicted molar refractivity (Wildman–Crippen MR) is 128 cm³/mol. The van der Waals surface area contributed by atoms with Gasteiger partial charge >= 0.3 is 0 Å². The fourth-order valence-electron chi connectivity index (χ4n) is 4.05. The Labute approximate surface area is 190 Å². The average molecular weight is 438 g/mol. The number of rotatable bonds is 6. The van der Waals surface area contributed by atoms with Crippen LogP contribution in [0.2, 0.25) is 0 Å². The predicted octanol–water partition coefficient (Wildman–Crippen LogP) is 3.53. The van der Waals surface area contributed by atoms with E-state index < -0.39 is 0 Å². The van der Waals surface area contributed by atoms with Crippen molar-refractivity contribution in [2.45, 2.75) is 20.0 Å². The minimum absolute atomic E-state index is 0.136. The van der Waals surface area contributed by atoms with Crippen molar-refractivity contribution < 1.29 is 4.79 Å². The van der Waals surface area contributed by atoms with Gasteiger partial charge < -0.3 is 5.32 Å². The molecule has 164 valence electrons. The molecule has 0 spiro atoms. The topological polar surface area (TPSA) is 81.8 Å². The second-order valence-corrected chi connectivity index (χ2v) is 8.05. The van der Waals surface area contributed by atoms with E-state index in [0.717, 1.165) is 21.9 Å². The third-order valence-electron chi connectivity index (χ3n) is 5.73. The molecule has 7 nitrogen and oxygen atoms in total. The summed E-state index contributed by atoms with van der Waals surface area (Å²) in [5.41, 5.74) is 3.09. The Morgan fingerprint density at radius 1 is 1.00 bits per heavy atom. The Hall–Kier alpha value is -4.26. The summed E-state index contributed by atoms with van der Waals surface area (Å²) in [5.74, 6) is -0.138. The molecular weight excluding hydrogens is 414 g/mol. The van der Waals surface area contributed by atoms with Crippen molar-refractivity contribution in [2.75, 3.05) is 6.54 Å². The fourth-order valence-corrected chi connectivity index (χ4v) is 4.05. The Morgan fingerprint density at radius 3 is 2.70 bits per heavy atom. The van der Waals surface area contributed by atoms with Gasteiger partial charge in [-0.15, -0.1) is 0 Å². The first-order valence-electron chi connectivity index (χ1n) is 10.8. The number of benzene rings is 3. The van der Waals surface area contributed by atoms with Crippen LogP contribution in [0.1, 0.15) is 21.5 Å². The number of aryl methyl sites for hydroxylation is 1. The van der Waals surface area contributed by atoms with Gasteiger partial charge in [0.05, 0.1) is 19.3 Å². The van der Waals surface area contributed by atoms with Gasteiger partial charge in [-0.25, -0.2) is 9.67 Å². The van der Waals surface area contributed by atoms with Gasteiger partial charge in [0.25, 0.3) is 11.5 Å². The molecule has 0 radical (unpaired) electrons. The molecule has 1 amide bonds. The summed E-state index contributed by atoms with van der Waals surface area (Å²) < 4.78 is 3.26. The van der Waals surface area contributed by atoms with E-state index in [2.05, 4.69) is 33.6 Å². The van der Waals surface area contributed by atoms with Crippen molar-refractivity contribution in [3.8, 4) is 0 Å². The summed E-state index contributed by atoms with van der Waals surface area (Å²) in [5, 5.41) is 9.94. The van der Waals surface area contributed by atoms with Crippen LogP contribution in [-0.4, -0.2) is 31.8 Å². The first-order valence-corrected chi connectivity index (χ1v) is 10.8. The molecular formula is C26H23N5O2. The lowest BCUT2D eigenvalue weighted by molar-refractivity contribution is 0.0952. The molecule has 5 rings (SSSR count). The van der Waals surface area contributed by atoms with Crippen LogP contribution in [-0.2, 0) is 13.1 Å². The van der Waals surface area contributed by atoms with E-state index >= 15 is 0 Å². The second-order valence-electron chi connectivity index (χ2n) is 8.05. The van der Waals surface area contributed by atoms with Crippen molar-refractivity contribution >= 4 is 27.7 Å². The zero-order valence-electron chi connectivity index (χ0n) is 18.2. The standard InChI is InChI=1S/C26H23N5O2/c1-18-6-4-9-20(14-18)25(32)27-12-13-31-24-23(15-29-31)26(33)30(17-28-24)16-21-10-5-8-19-7-2-3-11-22(19)21/h2-11,14-15,17H,12-13,16H2,1H3,(H,27,32). The highest BCUT2D eigenvalue weighted by atomic mass is 16.1. The van der Waals surface area contributed by atoms with Crippen LogP contribution in [0.5, 0.6) is 0 Å². The number of amides is 1. The lowest BCUT2D eigenvalue weighted by Gasteiger charge is -2.09. The maximum Gasteiger partial charge on any atom is 0.264 e. The van der Waals surface area contributed by atoms with Crippen LogP contribution in [0.15, 0.2) is 84.0 Å². The van der Waals surface area contributed by atoms with Crippen molar-refractivity contribution in [1.82, 2.24) is 24.6 Å². The SMILES string of the molecule is Cc1cccc(C(=O)NCCn2ncc3c(=O)n(Cc4cccc5ccccc45)cnc32)c1. The van der Waals surface area contributed by atoms with E-state index in [1.165, 1.54) is 0 Å². The van der Waals surface area contributed by atoms with Gasteiger partial charge in [0.1, 0.15) is 11.7 Å². The van der Waals surface area contributed by atoms with E-state index in [4.69, 9.17) is 0 Å². The van der Waals surface area contributed by atoms with Gasteiger partial charge in [0, 0.05) is 12.1 Å². The molecule has 0 atom stereocenters. The van der Waals surface area contributed by atoms with Gasteiger partial charge in [-0.3, -0.25) is 14.2 Å². The minimum atomic E-state index is -0.138. The Kier molecular flexibility index (Phi) is 5.44. The van der Waals surface area contributed by atoms with Crippen molar-refractivity contribution in [2.24, 2.45) is 0 Å². The molecule has 1 N–H and O–H groups in total. The number of hydrogen-bond donors (Lipinski definition) is 1. The number of carbonyl (C=O) groups is 1. The van der Waals surface area contributed by atoms with E-state index in [-0.39, 0.29) is 11.5 Å². The van der Waals surface area contributed by atoms with Crippen molar-refractivity contribution in [3.63, 3.8) is 0 Å². The number of aromatic nitrogens is 4. The molecule has 33 heavy (non-hydrogen) atoms. The summed E-state index contributed by atoms with van der Waals surface area (Å²) in [7, 11) is 0. The monoisotopic (exact) mass is 437 g/mol. The zero-order chi connectivity index (χ0) is 22.8. The van der Waals surface area contributed by atoms with Crippen molar-refractivity contribution in [1.29, 1.82) is 0 Å². The summed E-state index contributed by atoms with van der Waals surface area (Å²) in [6, 6.07) is 21.6. The zero-order valence-corrected chi connectivity index (χ0v) is 18.2. The molecule has 0 aliphatic carbocycles. The summed E-state index contributed by atoms with van der Waals surface area (Å²) in [4.78, 5) is 29.9. The maximum atomic E-state index is 13.1. The van der Waals surface area contributed by atoms with Gasteiger partial charge in [0.15, 0.2) is 5.65 Å². The molecule has 0 aliphatic heterocycles. The molecule has 0 fully saturated rings. The first-order chi connectivity index (χ1) is 16.1. The van der Waals surface area contributed by atoms with Crippen LogP contribution >= 0.6 is 0 Å². The van der Waals surface area contributed by atoms with Crippen molar-refractivity contribution in [3.05, 3.63) is 106 Å². The second kappa shape index (κ2) is 8.70. The van der Waals surface area contributed by atoms with Crippen LogP contribution in [0.4, 0.5) is 0 Å². The first kappa shape index (κ1) is 20.6. The average Bonchev–Trinajstić information content (AvgIpc) is 3.25. The number of hydrogen-bond acceptors (Lipinski definition) is 4. The number of fused-ring (bicyclic) bond motifs is 2. The molecule has 2 heterocycles. The third-order valence-corrected chi connectivity index (χ3v) is 5.73. The molecule has 0 bridgehead atoms. The van der Waals surface area contributed by atoms with Crippen LogP contribution in [0, 0.1) is 6.92 Å². The molecule has 5 aromatic rings. The highest BCUT2D eigenvalue weighted by Crippen LogP contribution is 2.19. The highest BCUT2D eigenvalue weighted by Gasteiger charge is 2.12. The fraction of sp³-hybridized carbons (Fsp3) is 0.154. The number of carbonyl (C=O) groups excluding carboxylic acids is 1. The molecule has 0 saturated carbocycles. The van der Waals surface area contributed by atoms with Crippen LogP contribution < -0.4 is 10.9 Å². The summed E-state index contributed by atoms with van der Waals surface area (Å²) in [6.07, 6.45) is 3.11. The van der Waals surface area contributed by atoms with E-state index in [9.17, 15) is 9.59 Å². The van der Waals surface area contributed by atoms with Crippen LogP contribution in [0.3, 0.4) is 0 Å². The summed E-state index contributed by atoms with van der Waals surface area (Å²) >= 11 is 0. The van der Waals surface area contributed by atoms with Gasteiger partial charge in [-0.05, 0) is 35.4 Å². The maximum absolute atomic E-state index is 13.1. The normalized spacial score (nSPS) is 11.2. The van der Waals surface area contributed by atoms with Gasteiger partial charge in [-0.1, -0.05) is 60.2 Å². The number of nitrogens with one attached hydrogen (secondary N) is 1. The van der Waals surface area contributed by atoms with Gasteiger partial charge in [0.2, 0.25) is 0 Å². The third kappa shape index (κ3) is 4.13. The minimum Gasteiger partial charge on any atom is -0.350 e. The highest BCUT2D eigenvalue weighted by molar-refractivity contribution is 5.94. The van der Waals surface area contributed by atoms with E-state index in [0.29, 0.717) is 36.2 Å².